The Balaban J connectivity index is 3.10. The lowest BCUT2D eigenvalue weighted by Crippen LogP contribution is -2.31. The van der Waals surface area contributed by atoms with Crippen molar-refractivity contribution in [1.82, 2.24) is 4.98 Å². The number of hydrogen-bond acceptors (Lipinski definition) is 3. The molecule has 3 nitrogen and oxygen atoms in total. The minimum atomic E-state index is 0.417. The van der Waals surface area contributed by atoms with E-state index >= 15 is 0 Å². The minimum absolute atomic E-state index is 0.417. The molecule has 1 atom stereocenters. The summed E-state index contributed by atoms with van der Waals surface area (Å²) in [5, 5.41) is 0. The lowest BCUT2D eigenvalue weighted by Gasteiger charge is -2.27. The summed E-state index contributed by atoms with van der Waals surface area (Å²) >= 11 is 5.11. The molecule has 4 heteroatoms. The fourth-order valence-electron chi connectivity index (χ4n) is 1.85. The Labute approximate surface area is 115 Å². The number of hydrogen-bond donors (Lipinski definition) is 1. The Hall–Kier alpha value is -1.16. The van der Waals surface area contributed by atoms with Crippen LogP contribution in [0.2, 0.25) is 0 Å². The van der Waals surface area contributed by atoms with E-state index in [1.54, 1.807) is 0 Å². The van der Waals surface area contributed by atoms with E-state index in [0.29, 0.717) is 10.9 Å². The van der Waals surface area contributed by atoms with Gasteiger partial charge in [-0.3, -0.25) is 0 Å². The minimum Gasteiger partial charge on any atom is -0.389 e. The van der Waals surface area contributed by atoms with Crippen LogP contribution in [0, 0.1) is 12.8 Å². The van der Waals surface area contributed by atoms with Crippen LogP contribution in [0.25, 0.3) is 0 Å². The molecule has 0 fully saturated rings. The van der Waals surface area contributed by atoms with Gasteiger partial charge in [-0.25, -0.2) is 4.98 Å². The first kappa shape index (κ1) is 14.9. The number of rotatable bonds is 6. The van der Waals surface area contributed by atoms with Crippen LogP contribution in [0.5, 0.6) is 0 Å². The van der Waals surface area contributed by atoms with Crippen molar-refractivity contribution in [2.45, 2.75) is 34.1 Å². The first-order chi connectivity index (χ1) is 8.49. The van der Waals surface area contributed by atoms with Crippen LogP contribution in [-0.2, 0) is 0 Å². The molecule has 18 heavy (non-hydrogen) atoms. The van der Waals surface area contributed by atoms with Crippen molar-refractivity contribution in [2.75, 3.05) is 18.0 Å². The highest BCUT2D eigenvalue weighted by Gasteiger charge is 2.15. The summed E-state index contributed by atoms with van der Waals surface area (Å²) in [7, 11) is 0. The highest BCUT2D eigenvalue weighted by Crippen LogP contribution is 2.20. The van der Waals surface area contributed by atoms with Crippen LogP contribution in [0.4, 0.5) is 5.82 Å². The maximum Gasteiger partial charge on any atom is 0.139 e. The number of aryl methyl sites for hydroxylation is 1. The van der Waals surface area contributed by atoms with E-state index in [-0.39, 0.29) is 0 Å². The molecule has 0 spiro atoms. The van der Waals surface area contributed by atoms with Gasteiger partial charge in [0.05, 0.1) is 5.56 Å². The van der Waals surface area contributed by atoms with Gasteiger partial charge in [-0.2, -0.15) is 0 Å². The van der Waals surface area contributed by atoms with Gasteiger partial charge in [0.1, 0.15) is 10.8 Å². The van der Waals surface area contributed by atoms with E-state index in [1.807, 2.05) is 19.1 Å². The molecule has 1 unspecified atom stereocenters. The molecule has 0 bridgehead atoms. The SMILES string of the molecule is CCC(C)CN(CC)c1nc(C)ccc1C(N)=S. The van der Waals surface area contributed by atoms with E-state index in [2.05, 4.69) is 30.7 Å². The summed E-state index contributed by atoms with van der Waals surface area (Å²) in [6.07, 6.45) is 1.16. The average molecular weight is 265 g/mol. The third-order valence-electron chi connectivity index (χ3n) is 3.19. The zero-order chi connectivity index (χ0) is 13.7. The predicted octanol–water partition coefficient (Wildman–Crippen LogP) is 2.90. The van der Waals surface area contributed by atoms with Gasteiger partial charge < -0.3 is 10.6 Å². The van der Waals surface area contributed by atoms with Crippen LogP contribution in [0.15, 0.2) is 12.1 Å². The quantitative estimate of drug-likeness (QED) is 0.803. The maximum absolute atomic E-state index is 5.79. The van der Waals surface area contributed by atoms with Crippen molar-refractivity contribution in [3.8, 4) is 0 Å². The molecule has 0 radical (unpaired) electrons. The first-order valence-electron chi connectivity index (χ1n) is 6.51. The molecule has 0 aromatic carbocycles. The summed E-state index contributed by atoms with van der Waals surface area (Å²) in [5.41, 5.74) is 7.65. The summed E-state index contributed by atoms with van der Waals surface area (Å²) in [5.74, 6) is 1.55. The second-order valence-electron chi connectivity index (χ2n) is 4.74. The van der Waals surface area contributed by atoms with Crippen LogP contribution in [0.1, 0.15) is 38.4 Å². The van der Waals surface area contributed by atoms with E-state index in [9.17, 15) is 0 Å². The lowest BCUT2D eigenvalue weighted by molar-refractivity contribution is 0.545. The maximum atomic E-state index is 5.79. The molecule has 0 aliphatic carbocycles. The molecule has 0 saturated carbocycles. The predicted molar refractivity (Wildman–Crippen MR) is 82.2 cm³/mol. The monoisotopic (exact) mass is 265 g/mol. The van der Waals surface area contributed by atoms with E-state index in [0.717, 1.165) is 36.6 Å². The Morgan fingerprint density at radius 2 is 2.11 bits per heavy atom. The molecular weight excluding hydrogens is 242 g/mol. The van der Waals surface area contributed by atoms with Crippen molar-refractivity contribution in [2.24, 2.45) is 11.7 Å². The third-order valence-corrected chi connectivity index (χ3v) is 3.41. The molecule has 0 aliphatic rings. The van der Waals surface area contributed by atoms with Crippen LogP contribution in [-0.4, -0.2) is 23.1 Å². The Kier molecular flexibility index (Phi) is 5.54. The van der Waals surface area contributed by atoms with Gasteiger partial charge in [0, 0.05) is 18.8 Å². The highest BCUT2D eigenvalue weighted by atomic mass is 32.1. The van der Waals surface area contributed by atoms with Gasteiger partial charge in [-0.15, -0.1) is 0 Å². The Morgan fingerprint density at radius 1 is 1.44 bits per heavy atom. The van der Waals surface area contributed by atoms with E-state index < -0.39 is 0 Å². The van der Waals surface area contributed by atoms with Crippen LogP contribution >= 0.6 is 12.2 Å². The smallest absolute Gasteiger partial charge is 0.139 e. The summed E-state index contributed by atoms with van der Waals surface area (Å²) in [6, 6.07) is 3.92. The number of thiocarbonyl (C=S) groups is 1. The van der Waals surface area contributed by atoms with Crippen molar-refractivity contribution < 1.29 is 0 Å². The fourth-order valence-corrected chi connectivity index (χ4v) is 2.01. The molecule has 1 rings (SSSR count). The number of nitrogens with two attached hydrogens (primary N) is 1. The van der Waals surface area contributed by atoms with Gasteiger partial charge in [0.2, 0.25) is 0 Å². The summed E-state index contributed by atoms with van der Waals surface area (Å²) in [6.45, 7) is 10.5. The summed E-state index contributed by atoms with van der Waals surface area (Å²) in [4.78, 5) is 7.29. The van der Waals surface area contributed by atoms with E-state index in [1.165, 1.54) is 0 Å². The first-order valence-corrected chi connectivity index (χ1v) is 6.92. The molecule has 1 aromatic heterocycles. The summed E-state index contributed by atoms with van der Waals surface area (Å²) < 4.78 is 0. The van der Waals surface area contributed by atoms with Crippen molar-refractivity contribution in [1.29, 1.82) is 0 Å². The highest BCUT2D eigenvalue weighted by molar-refractivity contribution is 7.80. The zero-order valence-electron chi connectivity index (χ0n) is 11.7. The molecule has 0 amide bonds. The van der Waals surface area contributed by atoms with Crippen molar-refractivity contribution >= 4 is 23.0 Å². The van der Waals surface area contributed by atoms with Gasteiger partial charge >= 0.3 is 0 Å². The molecule has 100 valence electrons. The fraction of sp³-hybridized carbons (Fsp3) is 0.571. The van der Waals surface area contributed by atoms with Gasteiger partial charge in [0.25, 0.3) is 0 Å². The number of pyridine rings is 1. The number of nitrogens with zero attached hydrogens (tertiary/aromatic N) is 2. The zero-order valence-corrected chi connectivity index (χ0v) is 12.5. The van der Waals surface area contributed by atoms with E-state index in [4.69, 9.17) is 18.0 Å². The Bertz CT molecular complexity index is 418. The van der Waals surface area contributed by atoms with Gasteiger partial charge in [-0.05, 0) is 31.9 Å². The second kappa shape index (κ2) is 6.69. The molecule has 1 aromatic rings. The molecule has 1 heterocycles. The number of aromatic nitrogens is 1. The molecular formula is C14H23N3S. The Morgan fingerprint density at radius 3 is 2.61 bits per heavy atom. The molecule has 0 aliphatic heterocycles. The van der Waals surface area contributed by atoms with Crippen LogP contribution in [0.3, 0.4) is 0 Å². The molecule has 2 N–H and O–H groups in total. The van der Waals surface area contributed by atoms with Gasteiger partial charge in [0.15, 0.2) is 0 Å². The van der Waals surface area contributed by atoms with Gasteiger partial charge in [-0.1, -0.05) is 32.5 Å². The van der Waals surface area contributed by atoms with Crippen LogP contribution < -0.4 is 10.6 Å². The normalized spacial score (nSPS) is 12.2. The van der Waals surface area contributed by atoms with Crippen molar-refractivity contribution in [3.63, 3.8) is 0 Å². The standard InChI is InChI=1S/C14H23N3S/c1-5-10(3)9-17(6-2)14-12(13(15)18)8-7-11(4)16-14/h7-8,10H,5-6,9H2,1-4H3,(H2,15,18). The average Bonchev–Trinajstić information content (AvgIpc) is 2.35. The second-order valence-corrected chi connectivity index (χ2v) is 5.18. The largest absolute Gasteiger partial charge is 0.389 e. The molecule has 0 saturated heterocycles. The lowest BCUT2D eigenvalue weighted by atomic mass is 10.1. The number of anilines is 1. The van der Waals surface area contributed by atoms with Crippen molar-refractivity contribution in [3.05, 3.63) is 23.4 Å². The topological polar surface area (TPSA) is 42.2 Å². The third kappa shape index (κ3) is 3.67.